The number of hydrogen-bond donors (Lipinski definition) is 0. The lowest BCUT2D eigenvalue weighted by Gasteiger charge is -2.34. The number of piperidine rings is 1. The molecule has 170 valence electrons. The summed E-state index contributed by atoms with van der Waals surface area (Å²) in [6, 6.07) is 11.3. The molecule has 0 spiro atoms. The molecule has 1 saturated heterocycles. The third kappa shape index (κ3) is 4.06. The number of amides is 1. The van der Waals surface area contributed by atoms with Crippen molar-refractivity contribution in [3.05, 3.63) is 58.6 Å². The minimum atomic E-state index is -0.378. The van der Waals surface area contributed by atoms with E-state index in [4.69, 9.17) is 4.52 Å². The van der Waals surface area contributed by atoms with Crippen molar-refractivity contribution >= 4 is 11.6 Å². The number of hydrogen-bond acceptors (Lipinski definition) is 6. The van der Waals surface area contributed by atoms with Crippen molar-refractivity contribution in [2.24, 2.45) is 11.8 Å². The normalized spacial score (nSPS) is 18.7. The minimum Gasteiger partial charge on any atom is -0.341 e. The summed E-state index contributed by atoms with van der Waals surface area (Å²) in [6.07, 6.45) is 2.73. The first kappa shape index (κ1) is 21.1. The van der Waals surface area contributed by atoms with E-state index >= 15 is 0 Å². The van der Waals surface area contributed by atoms with Crippen molar-refractivity contribution in [2.75, 3.05) is 13.1 Å². The average Bonchev–Trinajstić information content (AvgIpc) is 3.39. The molecule has 1 aliphatic heterocycles. The van der Waals surface area contributed by atoms with Gasteiger partial charge in [-0.1, -0.05) is 42.8 Å². The molecule has 1 aliphatic rings. The van der Waals surface area contributed by atoms with Gasteiger partial charge < -0.3 is 9.42 Å². The van der Waals surface area contributed by atoms with Crippen LogP contribution in [0.1, 0.15) is 25.8 Å². The fraction of sp³-hybridized carbons (Fsp3) is 0.375. The molecule has 2 atom stereocenters. The highest BCUT2D eigenvalue weighted by molar-refractivity contribution is 5.76. The molecule has 9 nitrogen and oxygen atoms in total. The molecule has 5 rings (SSSR count). The van der Waals surface area contributed by atoms with Gasteiger partial charge in [0.2, 0.25) is 11.7 Å². The first-order chi connectivity index (χ1) is 15.9. The second kappa shape index (κ2) is 8.31. The number of carbonyl (C=O) groups excluding carboxylic acids is 1. The first-order valence-corrected chi connectivity index (χ1v) is 11.2. The van der Waals surface area contributed by atoms with Crippen LogP contribution in [0.25, 0.3) is 28.5 Å². The van der Waals surface area contributed by atoms with Gasteiger partial charge >= 0.3 is 5.69 Å². The zero-order chi connectivity index (χ0) is 23.1. The van der Waals surface area contributed by atoms with Crippen LogP contribution in [0.3, 0.4) is 0 Å². The molecule has 4 heterocycles. The maximum atomic E-state index is 12.9. The molecule has 0 saturated carbocycles. The smallest absolute Gasteiger partial charge is 0.341 e. The number of benzene rings is 1. The summed E-state index contributed by atoms with van der Waals surface area (Å²) in [6.45, 7) is 7.61. The average molecular weight is 447 g/mol. The molecular formula is C24H26N6O3. The Labute approximate surface area is 190 Å². The summed E-state index contributed by atoms with van der Waals surface area (Å²) in [5.74, 6) is 1.52. The predicted octanol–water partition coefficient (Wildman–Crippen LogP) is 3.03. The third-order valence-corrected chi connectivity index (χ3v) is 6.05. The standard InChI is InChI=1S/C24H26N6O3/c1-15-6-4-7-18(11-15)21-25-23(33-27-21)19-8-5-9-29-22(19)26-30(24(29)32)14-20(31)28-12-16(2)10-17(3)13-28/h4-9,11,16-17H,10,12-14H2,1-3H3/t16-,17-/m0/s1. The quantitative estimate of drug-likeness (QED) is 0.478. The molecular weight excluding hydrogens is 420 g/mol. The summed E-state index contributed by atoms with van der Waals surface area (Å²) in [5.41, 5.74) is 2.46. The van der Waals surface area contributed by atoms with Crippen LogP contribution >= 0.6 is 0 Å². The van der Waals surface area contributed by atoms with Crippen LogP contribution in [0.4, 0.5) is 0 Å². The zero-order valence-electron chi connectivity index (χ0n) is 18.9. The van der Waals surface area contributed by atoms with Crippen LogP contribution in [0.5, 0.6) is 0 Å². The highest BCUT2D eigenvalue weighted by Crippen LogP contribution is 2.25. The molecule has 9 heteroatoms. The highest BCUT2D eigenvalue weighted by atomic mass is 16.5. The van der Waals surface area contributed by atoms with E-state index in [0.29, 0.717) is 42.0 Å². The number of aryl methyl sites for hydroxylation is 1. The van der Waals surface area contributed by atoms with Crippen LogP contribution < -0.4 is 5.69 Å². The Kier molecular flexibility index (Phi) is 5.32. The molecule has 1 aromatic carbocycles. The van der Waals surface area contributed by atoms with Crippen LogP contribution in [0.15, 0.2) is 51.9 Å². The molecule has 4 aromatic rings. The van der Waals surface area contributed by atoms with Crippen LogP contribution in [-0.2, 0) is 11.3 Å². The summed E-state index contributed by atoms with van der Waals surface area (Å²) >= 11 is 0. The van der Waals surface area contributed by atoms with Crippen molar-refractivity contribution < 1.29 is 9.32 Å². The van der Waals surface area contributed by atoms with Crippen LogP contribution in [-0.4, -0.2) is 48.2 Å². The fourth-order valence-corrected chi connectivity index (χ4v) is 4.64. The lowest BCUT2D eigenvalue weighted by molar-refractivity contribution is -0.134. The maximum absolute atomic E-state index is 12.9. The number of nitrogens with zero attached hydrogens (tertiary/aromatic N) is 6. The number of likely N-dealkylation sites (tertiary alicyclic amines) is 1. The Morgan fingerprint density at radius 2 is 1.94 bits per heavy atom. The Bertz CT molecular complexity index is 1370. The van der Waals surface area contributed by atoms with Gasteiger partial charge in [-0.15, -0.1) is 5.10 Å². The van der Waals surface area contributed by atoms with Gasteiger partial charge in [0.1, 0.15) is 6.54 Å². The van der Waals surface area contributed by atoms with Crippen molar-refractivity contribution in [3.8, 4) is 22.8 Å². The Morgan fingerprint density at radius 1 is 1.15 bits per heavy atom. The van der Waals surface area contributed by atoms with Gasteiger partial charge in [0.15, 0.2) is 5.65 Å². The van der Waals surface area contributed by atoms with Crippen molar-refractivity contribution in [1.29, 1.82) is 0 Å². The van der Waals surface area contributed by atoms with E-state index in [2.05, 4.69) is 29.1 Å². The lowest BCUT2D eigenvalue weighted by atomic mass is 9.92. The number of rotatable bonds is 4. The second-order valence-corrected chi connectivity index (χ2v) is 9.09. The maximum Gasteiger partial charge on any atom is 0.350 e. The monoisotopic (exact) mass is 446 g/mol. The van der Waals surface area contributed by atoms with Crippen molar-refractivity contribution in [1.82, 2.24) is 29.2 Å². The minimum absolute atomic E-state index is 0.0972. The van der Waals surface area contributed by atoms with Crippen molar-refractivity contribution in [2.45, 2.75) is 33.7 Å². The van der Waals surface area contributed by atoms with E-state index in [0.717, 1.165) is 17.5 Å². The number of fused-ring (bicyclic) bond motifs is 1. The van der Waals surface area contributed by atoms with E-state index < -0.39 is 0 Å². The van der Waals surface area contributed by atoms with Gasteiger partial charge in [-0.3, -0.25) is 4.79 Å². The first-order valence-electron chi connectivity index (χ1n) is 11.2. The summed E-state index contributed by atoms with van der Waals surface area (Å²) in [4.78, 5) is 32.2. The van der Waals surface area contributed by atoms with Crippen LogP contribution in [0, 0.1) is 18.8 Å². The molecule has 1 fully saturated rings. The lowest BCUT2D eigenvalue weighted by Crippen LogP contribution is -2.45. The predicted molar refractivity (Wildman–Crippen MR) is 122 cm³/mol. The summed E-state index contributed by atoms with van der Waals surface area (Å²) in [7, 11) is 0. The van der Waals surface area contributed by atoms with Gasteiger partial charge in [0.05, 0.1) is 5.56 Å². The number of pyridine rings is 1. The van der Waals surface area contributed by atoms with E-state index in [9.17, 15) is 9.59 Å². The molecule has 0 radical (unpaired) electrons. The molecule has 0 bridgehead atoms. The molecule has 0 unspecified atom stereocenters. The number of carbonyl (C=O) groups is 1. The fourth-order valence-electron chi connectivity index (χ4n) is 4.64. The Balaban J connectivity index is 1.46. The second-order valence-electron chi connectivity index (χ2n) is 9.09. The van der Waals surface area contributed by atoms with Gasteiger partial charge in [-0.25, -0.2) is 13.9 Å². The third-order valence-electron chi connectivity index (χ3n) is 6.05. The highest BCUT2D eigenvalue weighted by Gasteiger charge is 2.26. The zero-order valence-corrected chi connectivity index (χ0v) is 18.9. The van der Waals surface area contributed by atoms with Gasteiger partial charge in [0, 0.05) is 24.8 Å². The SMILES string of the molecule is Cc1cccc(-c2noc(-c3cccn4c(=O)n(CC(=O)N5C[C@@H](C)C[C@H](C)C5)nc34)n2)c1. The molecule has 0 aliphatic carbocycles. The van der Waals surface area contributed by atoms with E-state index in [-0.39, 0.29) is 24.0 Å². The van der Waals surface area contributed by atoms with Gasteiger partial charge in [-0.05, 0) is 43.4 Å². The summed E-state index contributed by atoms with van der Waals surface area (Å²) < 4.78 is 8.12. The molecule has 3 aromatic heterocycles. The van der Waals surface area contributed by atoms with Gasteiger partial charge in [0.25, 0.3) is 5.89 Å². The van der Waals surface area contributed by atoms with Gasteiger partial charge in [-0.2, -0.15) is 4.98 Å². The molecule has 0 N–H and O–H groups in total. The van der Waals surface area contributed by atoms with E-state index in [1.165, 1.54) is 9.08 Å². The van der Waals surface area contributed by atoms with Crippen molar-refractivity contribution in [3.63, 3.8) is 0 Å². The van der Waals surface area contributed by atoms with E-state index in [1.807, 2.05) is 36.1 Å². The molecule has 33 heavy (non-hydrogen) atoms. The topological polar surface area (TPSA) is 98.5 Å². The largest absolute Gasteiger partial charge is 0.350 e. The Hall–Kier alpha value is -3.75. The molecule has 1 amide bonds. The van der Waals surface area contributed by atoms with Crippen LogP contribution in [0.2, 0.25) is 0 Å². The summed E-state index contributed by atoms with van der Waals surface area (Å²) in [5, 5.41) is 8.54. The Morgan fingerprint density at radius 3 is 2.70 bits per heavy atom. The number of aromatic nitrogens is 5. The van der Waals surface area contributed by atoms with E-state index in [1.54, 1.807) is 18.3 Å².